The monoisotopic (exact) mass is 276 g/mol. The van der Waals surface area contributed by atoms with Crippen LogP contribution in [0.25, 0.3) is 0 Å². The molecule has 0 aromatic carbocycles. The SMILES string of the molecule is CCCNc1ncnc(NC2CCCC2C)c1C(C)C. The number of hydrogen-bond acceptors (Lipinski definition) is 4. The Hall–Kier alpha value is -1.32. The molecule has 20 heavy (non-hydrogen) atoms. The van der Waals surface area contributed by atoms with E-state index in [2.05, 4.69) is 48.3 Å². The molecule has 2 N–H and O–H groups in total. The fourth-order valence-electron chi connectivity index (χ4n) is 2.98. The molecule has 1 heterocycles. The van der Waals surface area contributed by atoms with Gasteiger partial charge in [-0.05, 0) is 31.1 Å². The van der Waals surface area contributed by atoms with Gasteiger partial charge in [-0.3, -0.25) is 0 Å². The Labute approximate surface area is 122 Å². The van der Waals surface area contributed by atoms with Crippen LogP contribution >= 0.6 is 0 Å². The molecule has 4 heteroatoms. The molecule has 1 saturated carbocycles. The Morgan fingerprint density at radius 1 is 1.25 bits per heavy atom. The van der Waals surface area contributed by atoms with E-state index in [1.54, 1.807) is 6.33 Å². The molecule has 0 saturated heterocycles. The Balaban J connectivity index is 2.22. The van der Waals surface area contributed by atoms with Gasteiger partial charge in [0.1, 0.15) is 18.0 Å². The summed E-state index contributed by atoms with van der Waals surface area (Å²) in [6.07, 6.45) is 6.67. The summed E-state index contributed by atoms with van der Waals surface area (Å²) >= 11 is 0. The normalized spacial score (nSPS) is 22.2. The summed E-state index contributed by atoms with van der Waals surface area (Å²) in [6, 6.07) is 0.557. The van der Waals surface area contributed by atoms with Crippen LogP contribution in [0, 0.1) is 5.92 Å². The summed E-state index contributed by atoms with van der Waals surface area (Å²) in [5.41, 5.74) is 1.22. The van der Waals surface area contributed by atoms with Crippen molar-refractivity contribution in [2.45, 2.75) is 65.3 Å². The molecule has 0 amide bonds. The third-order valence-electron chi connectivity index (χ3n) is 4.19. The number of anilines is 2. The lowest BCUT2D eigenvalue weighted by atomic mass is 10.0. The molecule has 1 aromatic rings. The Morgan fingerprint density at radius 3 is 2.60 bits per heavy atom. The predicted molar refractivity (Wildman–Crippen MR) is 85.3 cm³/mol. The van der Waals surface area contributed by atoms with E-state index in [4.69, 9.17) is 0 Å². The van der Waals surface area contributed by atoms with Gasteiger partial charge >= 0.3 is 0 Å². The summed E-state index contributed by atoms with van der Waals surface area (Å²) < 4.78 is 0. The molecular weight excluding hydrogens is 248 g/mol. The minimum Gasteiger partial charge on any atom is -0.370 e. The van der Waals surface area contributed by atoms with Crippen LogP contribution in [0.2, 0.25) is 0 Å². The maximum Gasteiger partial charge on any atom is 0.135 e. The summed E-state index contributed by atoms with van der Waals surface area (Å²) in [5.74, 6) is 3.16. The van der Waals surface area contributed by atoms with E-state index in [-0.39, 0.29) is 0 Å². The number of aromatic nitrogens is 2. The molecule has 4 nitrogen and oxygen atoms in total. The smallest absolute Gasteiger partial charge is 0.135 e. The van der Waals surface area contributed by atoms with Gasteiger partial charge in [-0.1, -0.05) is 34.1 Å². The van der Waals surface area contributed by atoms with Crippen molar-refractivity contribution >= 4 is 11.6 Å². The van der Waals surface area contributed by atoms with Crippen molar-refractivity contribution < 1.29 is 0 Å². The van der Waals surface area contributed by atoms with Crippen LogP contribution in [0.5, 0.6) is 0 Å². The minimum absolute atomic E-state index is 0.412. The molecule has 1 aliphatic carbocycles. The first kappa shape index (κ1) is 15.1. The highest BCUT2D eigenvalue weighted by Crippen LogP contribution is 2.32. The van der Waals surface area contributed by atoms with E-state index >= 15 is 0 Å². The van der Waals surface area contributed by atoms with Crippen LogP contribution in [-0.4, -0.2) is 22.6 Å². The van der Waals surface area contributed by atoms with E-state index in [0.717, 1.165) is 30.5 Å². The zero-order valence-electron chi connectivity index (χ0n) is 13.2. The largest absolute Gasteiger partial charge is 0.370 e. The molecule has 0 aliphatic heterocycles. The summed E-state index contributed by atoms with van der Waals surface area (Å²) in [6.45, 7) is 9.87. The summed E-state index contributed by atoms with van der Waals surface area (Å²) in [5, 5.41) is 7.10. The zero-order chi connectivity index (χ0) is 14.5. The van der Waals surface area contributed by atoms with E-state index < -0.39 is 0 Å². The molecule has 1 aliphatic rings. The Kier molecular flexibility index (Phi) is 5.21. The molecule has 1 aromatic heterocycles. The molecule has 2 unspecified atom stereocenters. The number of rotatable bonds is 6. The quantitative estimate of drug-likeness (QED) is 0.824. The van der Waals surface area contributed by atoms with Gasteiger partial charge in [-0.15, -0.1) is 0 Å². The van der Waals surface area contributed by atoms with Crippen LogP contribution in [0.15, 0.2) is 6.33 Å². The van der Waals surface area contributed by atoms with Gasteiger partial charge in [0.2, 0.25) is 0 Å². The maximum atomic E-state index is 4.50. The lowest BCUT2D eigenvalue weighted by Crippen LogP contribution is -2.24. The lowest BCUT2D eigenvalue weighted by molar-refractivity contribution is 0.553. The Bertz CT molecular complexity index is 430. The highest BCUT2D eigenvalue weighted by molar-refractivity contribution is 5.59. The fourth-order valence-corrected chi connectivity index (χ4v) is 2.98. The average Bonchev–Trinajstić information content (AvgIpc) is 2.81. The van der Waals surface area contributed by atoms with E-state index in [0.29, 0.717) is 12.0 Å². The van der Waals surface area contributed by atoms with Gasteiger partial charge in [0.25, 0.3) is 0 Å². The second-order valence-electron chi connectivity index (χ2n) is 6.23. The van der Waals surface area contributed by atoms with Crippen molar-refractivity contribution in [3.63, 3.8) is 0 Å². The van der Waals surface area contributed by atoms with Crippen LogP contribution < -0.4 is 10.6 Å². The highest BCUT2D eigenvalue weighted by Gasteiger charge is 2.25. The third kappa shape index (κ3) is 3.41. The minimum atomic E-state index is 0.412. The molecule has 2 atom stereocenters. The van der Waals surface area contributed by atoms with Crippen LogP contribution in [0.1, 0.15) is 64.9 Å². The van der Waals surface area contributed by atoms with Crippen molar-refractivity contribution in [3.05, 3.63) is 11.9 Å². The zero-order valence-corrected chi connectivity index (χ0v) is 13.2. The number of hydrogen-bond donors (Lipinski definition) is 2. The van der Waals surface area contributed by atoms with Crippen molar-refractivity contribution in [1.29, 1.82) is 0 Å². The van der Waals surface area contributed by atoms with Gasteiger partial charge in [-0.2, -0.15) is 0 Å². The Morgan fingerprint density at radius 2 is 2.00 bits per heavy atom. The summed E-state index contributed by atoms with van der Waals surface area (Å²) in [4.78, 5) is 8.93. The van der Waals surface area contributed by atoms with Crippen LogP contribution in [0.3, 0.4) is 0 Å². The van der Waals surface area contributed by atoms with Crippen LogP contribution in [0.4, 0.5) is 11.6 Å². The maximum absolute atomic E-state index is 4.50. The molecule has 0 spiro atoms. The molecule has 0 radical (unpaired) electrons. The second-order valence-corrected chi connectivity index (χ2v) is 6.23. The predicted octanol–water partition coefficient (Wildman–Crippen LogP) is 4.02. The van der Waals surface area contributed by atoms with Gasteiger partial charge < -0.3 is 10.6 Å². The molecular formula is C16H28N4. The van der Waals surface area contributed by atoms with Crippen LogP contribution in [-0.2, 0) is 0 Å². The fraction of sp³-hybridized carbons (Fsp3) is 0.750. The van der Waals surface area contributed by atoms with E-state index in [1.165, 1.54) is 24.8 Å². The molecule has 2 rings (SSSR count). The molecule has 0 bridgehead atoms. The first-order chi connectivity index (χ1) is 9.63. The highest BCUT2D eigenvalue weighted by atomic mass is 15.1. The van der Waals surface area contributed by atoms with Crippen molar-refractivity contribution in [3.8, 4) is 0 Å². The number of nitrogens with one attached hydrogen (secondary N) is 2. The molecule has 112 valence electrons. The van der Waals surface area contributed by atoms with Crippen molar-refractivity contribution in [1.82, 2.24) is 9.97 Å². The lowest BCUT2D eigenvalue weighted by Gasteiger charge is -2.22. The van der Waals surface area contributed by atoms with E-state index in [1.807, 2.05) is 0 Å². The second kappa shape index (κ2) is 6.91. The number of nitrogens with zero attached hydrogens (tertiary/aromatic N) is 2. The summed E-state index contributed by atoms with van der Waals surface area (Å²) in [7, 11) is 0. The topological polar surface area (TPSA) is 49.8 Å². The van der Waals surface area contributed by atoms with Gasteiger partial charge in [-0.25, -0.2) is 9.97 Å². The first-order valence-corrected chi connectivity index (χ1v) is 7.98. The standard InChI is InChI=1S/C16H28N4/c1-5-9-17-15-14(11(2)3)16(19-10-18-15)20-13-8-6-7-12(13)4/h10-13H,5-9H2,1-4H3,(H2,17,18,19,20). The van der Waals surface area contributed by atoms with Gasteiger partial charge in [0.15, 0.2) is 0 Å². The van der Waals surface area contributed by atoms with Gasteiger partial charge in [0.05, 0.1) is 0 Å². The first-order valence-electron chi connectivity index (χ1n) is 7.98. The van der Waals surface area contributed by atoms with Crippen molar-refractivity contribution in [2.24, 2.45) is 5.92 Å². The average molecular weight is 276 g/mol. The van der Waals surface area contributed by atoms with E-state index in [9.17, 15) is 0 Å². The molecule has 1 fully saturated rings. The van der Waals surface area contributed by atoms with Gasteiger partial charge in [0, 0.05) is 18.2 Å². The van der Waals surface area contributed by atoms with Crippen molar-refractivity contribution in [2.75, 3.05) is 17.2 Å². The third-order valence-corrected chi connectivity index (χ3v) is 4.19.